The van der Waals surface area contributed by atoms with Crippen LogP contribution in [0.5, 0.6) is 0 Å². The van der Waals surface area contributed by atoms with Gasteiger partial charge in [0.25, 0.3) is 0 Å². The lowest BCUT2D eigenvalue weighted by molar-refractivity contribution is 0.543. The molecule has 0 radical (unpaired) electrons. The van der Waals surface area contributed by atoms with Crippen LogP contribution in [0, 0.1) is 11.6 Å². The first-order valence-electron chi connectivity index (χ1n) is 5.74. The fourth-order valence-electron chi connectivity index (χ4n) is 1.42. The molecule has 20 heavy (non-hydrogen) atoms. The minimum absolute atomic E-state index is 0.0276. The predicted octanol–water partition coefficient (Wildman–Crippen LogP) is 0.0379. The van der Waals surface area contributed by atoms with Crippen molar-refractivity contribution in [3.63, 3.8) is 0 Å². The standard InChI is InChI=1S/C11H16F2N4O2S/c1-14-11(15-2)16-5-6-17-20(18,19)10-4-3-8(12)7-9(10)13/h3-4,7,17H,5-6H2,1-2H3,(H2,14,15,16). The van der Waals surface area contributed by atoms with Crippen molar-refractivity contribution in [2.45, 2.75) is 4.90 Å². The lowest BCUT2D eigenvalue weighted by Gasteiger charge is -2.10. The SMILES string of the molecule is CN=C(NC)NCCNS(=O)(=O)c1ccc(F)cc1F. The van der Waals surface area contributed by atoms with E-state index in [0.29, 0.717) is 12.0 Å². The van der Waals surface area contributed by atoms with Gasteiger partial charge in [0.2, 0.25) is 10.0 Å². The topological polar surface area (TPSA) is 82.6 Å². The van der Waals surface area contributed by atoms with Crippen LogP contribution in [0.4, 0.5) is 8.78 Å². The van der Waals surface area contributed by atoms with Gasteiger partial charge in [0.15, 0.2) is 5.96 Å². The Kier molecular flexibility index (Phi) is 5.83. The van der Waals surface area contributed by atoms with E-state index in [2.05, 4.69) is 20.3 Å². The number of aliphatic imine (C=N–C) groups is 1. The Morgan fingerprint density at radius 3 is 2.55 bits per heavy atom. The first-order chi connectivity index (χ1) is 9.40. The first-order valence-corrected chi connectivity index (χ1v) is 7.22. The summed E-state index contributed by atoms with van der Waals surface area (Å²) in [5, 5.41) is 5.58. The van der Waals surface area contributed by atoms with Crippen LogP contribution in [0.2, 0.25) is 0 Å². The van der Waals surface area contributed by atoms with Crippen LogP contribution in [0.15, 0.2) is 28.1 Å². The third-order valence-electron chi connectivity index (χ3n) is 2.35. The molecule has 0 bridgehead atoms. The molecule has 1 aromatic rings. The maximum atomic E-state index is 13.4. The molecule has 0 aliphatic carbocycles. The van der Waals surface area contributed by atoms with Gasteiger partial charge in [0.05, 0.1) is 0 Å². The van der Waals surface area contributed by atoms with E-state index in [9.17, 15) is 17.2 Å². The molecule has 0 aromatic heterocycles. The third-order valence-corrected chi connectivity index (χ3v) is 3.85. The molecule has 0 fully saturated rings. The summed E-state index contributed by atoms with van der Waals surface area (Å²) in [6.07, 6.45) is 0. The Morgan fingerprint density at radius 2 is 2.00 bits per heavy atom. The molecule has 0 aliphatic rings. The van der Waals surface area contributed by atoms with E-state index in [4.69, 9.17) is 0 Å². The average Bonchev–Trinajstić information content (AvgIpc) is 2.38. The Labute approximate surface area is 116 Å². The van der Waals surface area contributed by atoms with Crippen molar-refractivity contribution in [1.29, 1.82) is 0 Å². The Hall–Kier alpha value is -1.74. The van der Waals surface area contributed by atoms with Gasteiger partial charge < -0.3 is 10.6 Å². The van der Waals surface area contributed by atoms with Crippen LogP contribution >= 0.6 is 0 Å². The number of sulfonamides is 1. The number of nitrogens with zero attached hydrogens (tertiary/aromatic N) is 1. The lowest BCUT2D eigenvalue weighted by Crippen LogP contribution is -2.40. The first kappa shape index (κ1) is 16.3. The Morgan fingerprint density at radius 1 is 1.30 bits per heavy atom. The number of benzene rings is 1. The molecule has 1 aromatic carbocycles. The van der Waals surface area contributed by atoms with Gasteiger partial charge in [-0.05, 0) is 12.1 Å². The second-order valence-corrected chi connectivity index (χ2v) is 5.46. The highest BCUT2D eigenvalue weighted by atomic mass is 32.2. The summed E-state index contributed by atoms with van der Waals surface area (Å²) in [5.41, 5.74) is 0. The van der Waals surface area contributed by atoms with Gasteiger partial charge >= 0.3 is 0 Å². The van der Waals surface area contributed by atoms with Gasteiger partial charge in [-0.1, -0.05) is 0 Å². The van der Waals surface area contributed by atoms with Crippen molar-refractivity contribution in [3.8, 4) is 0 Å². The van der Waals surface area contributed by atoms with Crippen molar-refractivity contribution in [2.24, 2.45) is 4.99 Å². The highest BCUT2D eigenvalue weighted by molar-refractivity contribution is 7.89. The van der Waals surface area contributed by atoms with Gasteiger partial charge in [-0.2, -0.15) is 0 Å². The molecule has 6 nitrogen and oxygen atoms in total. The van der Waals surface area contributed by atoms with Crippen LogP contribution in [-0.4, -0.2) is 41.6 Å². The maximum Gasteiger partial charge on any atom is 0.243 e. The molecule has 0 atom stereocenters. The molecule has 0 heterocycles. The maximum absolute atomic E-state index is 13.4. The van der Waals surface area contributed by atoms with E-state index in [0.717, 1.165) is 12.1 Å². The van der Waals surface area contributed by atoms with Gasteiger partial charge in [-0.25, -0.2) is 21.9 Å². The molecule has 0 spiro atoms. The Balaban J connectivity index is 2.62. The molecule has 9 heteroatoms. The minimum atomic E-state index is -4.01. The van der Waals surface area contributed by atoms with Crippen LogP contribution in [-0.2, 0) is 10.0 Å². The second-order valence-electron chi connectivity index (χ2n) is 3.72. The van der Waals surface area contributed by atoms with Crippen LogP contribution in [0.25, 0.3) is 0 Å². The average molecular weight is 306 g/mol. The zero-order valence-corrected chi connectivity index (χ0v) is 11.9. The molecule has 112 valence electrons. The number of hydrogen-bond acceptors (Lipinski definition) is 3. The molecular weight excluding hydrogens is 290 g/mol. The number of guanidine groups is 1. The van der Waals surface area contributed by atoms with Crippen molar-refractivity contribution in [2.75, 3.05) is 27.2 Å². The van der Waals surface area contributed by atoms with Crippen molar-refractivity contribution < 1.29 is 17.2 Å². The van der Waals surface area contributed by atoms with E-state index in [1.807, 2.05) is 0 Å². The molecule has 1 rings (SSSR count). The fourth-order valence-corrected chi connectivity index (χ4v) is 2.51. The van der Waals surface area contributed by atoms with Crippen LogP contribution in [0.1, 0.15) is 0 Å². The minimum Gasteiger partial charge on any atom is -0.359 e. The monoisotopic (exact) mass is 306 g/mol. The van der Waals surface area contributed by atoms with Gasteiger partial charge in [0.1, 0.15) is 16.5 Å². The second kappa shape index (κ2) is 7.15. The molecule has 0 saturated heterocycles. The van der Waals surface area contributed by atoms with E-state index >= 15 is 0 Å². The van der Waals surface area contributed by atoms with Crippen molar-refractivity contribution >= 4 is 16.0 Å². The number of rotatable bonds is 5. The lowest BCUT2D eigenvalue weighted by atomic mass is 10.3. The van der Waals surface area contributed by atoms with Crippen LogP contribution in [0.3, 0.4) is 0 Å². The predicted molar refractivity (Wildman–Crippen MR) is 72.0 cm³/mol. The summed E-state index contributed by atoms with van der Waals surface area (Å²) >= 11 is 0. The van der Waals surface area contributed by atoms with Crippen molar-refractivity contribution in [1.82, 2.24) is 15.4 Å². The Bertz CT molecular complexity index is 590. The van der Waals surface area contributed by atoms with Crippen molar-refractivity contribution in [3.05, 3.63) is 29.8 Å². The third kappa shape index (κ3) is 4.42. The van der Waals surface area contributed by atoms with Crippen LogP contribution < -0.4 is 15.4 Å². The zero-order valence-electron chi connectivity index (χ0n) is 11.1. The normalized spacial score (nSPS) is 12.3. The number of hydrogen-bond donors (Lipinski definition) is 3. The molecule has 3 N–H and O–H groups in total. The summed E-state index contributed by atoms with van der Waals surface area (Å²) in [7, 11) is -0.785. The summed E-state index contributed by atoms with van der Waals surface area (Å²) in [5.74, 6) is -1.46. The van der Waals surface area contributed by atoms with E-state index in [1.54, 1.807) is 14.1 Å². The zero-order chi connectivity index (χ0) is 15.2. The highest BCUT2D eigenvalue weighted by Crippen LogP contribution is 2.14. The van der Waals surface area contributed by atoms with E-state index < -0.39 is 26.6 Å². The van der Waals surface area contributed by atoms with E-state index in [-0.39, 0.29) is 13.1 Å². The molecule has 0 aliphatic heterocycles. The van der Waals surface area contributed by atoms with E-state index in [1.165, 1.54) is 0 Å². The quantitative estimate of drug-likeness (QED) is 0.407. The summed E-state index contributed by atoms with van der Waals surface area (Å²) < 4.78 is 51.9. The summed E-state index contributed by atoms with van der Waals surface area (Å²) in [6, 6.07) is 2.29. The number of halogens is 2. The smallest absolute Gasteiger partial charge is 0.243 e. The largest absolute Gasteiger partial charge is 0.359 e. The number of nitrogens with one attached hydrogen (secondary N) is 3. The fraction of sp³-hybridized carbons (Fsp3) is 0.364. The van der Waals surface area contributed by atoms with Gasteiger partial charge in [-0.3, -0.25) is 4.99 Å². The highest BCUT2D eigenvalue weighted by Gasteiger charge is 2.18. The molecule has 0 saturated carbocycles. The summed E-state index contributed by atoms with van der Waals surface area (Å²) in [6.45, 7) is 0.287. The molecular formula is C11H16F2N4O2S. The summed E-state index contributed by atoms with van der Waals surface area (Å²) in [4.78, 5) is 3.25. The van der Waals surface area contributed by atoms with Gasteiger partial charge in [-0.15, -0.1) is 0 Å². The molecule has 0 unspecified atom stereocenters. The van der Waals surface area contributed by atoms with Gasteiger partial charge in [0, 0.05) is 33.3 Å². The molecule has 0 amide bonds.